The first-order valence-corrected chi connectivity index (χ1v) is 5.37. The van der Waals surface area contributed by atoms with Crippen molar-refractivity contribution in [3.63, 3.8) is 0 Å². The van der Waals surface area contributed by atoms with Crippen molar-refractivity contribution in [2.45, 2.75) is 6.92 Å². The first kappa shape index (κ1) is 10.6. The molecule has 2 rings (SSSR count). The number of hydrogen-bond donors (Lipinski definition) is 1. The van der Waals surface area contributed by atoms with E-state index in [0.717, 1.165) is 5.56 Å². The zero-order valence-corrected chi connectivity index (χ0v) is 10.2. The predicted octanol–water partition coefficient (Wildman–Crippen LogP) is 3.68. The van der Waals surface area contributed by atoms with Crippen molar-refractivity contribution in [2.75, 3.05) is 5.73 Å². The summed E-state index contributed by atoms with van der Waals surface area (Å²) in [6.07, 6.45) is 1.44. The summed E-state index contributed by atoms with van der Waals surface area (Å²) in [7, 11) is 0. The Morgan fingerprint density at radius 3 is 2.87 bits per heavy atom. The van der Waals surface area contributed by atoms with E-state index in [0.29, 0.717) is 9.99 Å². The number of hydrogen-bond acceptors (Lipinski definition) is 2. The largest absolute Gasteiger partial charge is 0.396 e. The van der Waals surface area contributed by atoms with E-state index in [2.05, 4.69) is 20.9 Å². The number of aromatic nitrogens is 1. The fourth-order valence-electron chi connectivity index (χ4n) is 1.44. The van der Waals surface area contributed by atoms with Crippen LogP contribution in [0.5, 0.6) is 0 Å². The van der Waals surface area contributed by atoms with Gasteiger partial charge in [-0.2, -0.15) is 0 Å². The molecule has 0 fully saturated rings. The van der Waals surface area contributed by atoms with Gasteiger partial charge in [-0.05, 0) is 34.5 Å². The number of pyridine rings is 1. The Morgan fingerprint density at radius 2 is 2.20 bits per heavy atom. The zero-order valence-electron chi connectivity index (χ0n) is 7.81. The highest BCUT2D eigenvalue weighted by molar-refractivity contribution is 9.10. The molecule has 78 valence electrons. The summed E-state index contributed by atoms with van der Waals surface area (Å²) in [6.45, 7) is 1.84. The second kappa shape index (κ2) is 3.61. The molecule has 0 bridgehead atoms. The molecule has 0 aliphatic carbocycles. The number of benzene rings is 1. The molecule has 0 saturated heterocycles. The average molecular weight is 290 g/mol. The Hall–Kier alpha value is -0.870. The molecule has 0 radical (unpaired) electrons. The van der Waals surface area contributed by atoms with Crippen LogP contribution in [-0.2, 0) is 0 Å². The summed E-state index contributed by atoms with van der Waals surface area (Å²) in [5, 5.41) is 0.477. The van der Waals surface area contributed by atoms with Crippen molar-refractivity contribution >= 4 is 44.1 Å². The zero-order chi connectivity index (χ0) is 11.2. The van der Waals surface area contributed by atoms with Gasteiger partial charge in [-0.3, -0.25) is 4.98 Å². The van der Waals surface area contributed by atoms with Crippen LogP contribution < -0.4 is 5.73 Å². The minimum atomic E-state index is -0.430. The lowest BCUT2D eigenvalue weighted by Gasteiger charge is -2.08. The Balaban J connectivity index is 3.04. The minimum Gasteiger partial charge on any atom is -0.396 e. The van der Waals surface area contributed by atoms with Crippen molar-refractivity contribution in [1.29, 1.82) is 0 Å². The summed E-state index contributed by atoms with van der Waals surface area (Å²) in [4.78, 5) is 4.07. The molecular weight excluding hydrogens is 282 g/mol. The molecule has 1 aromatic heterocycles. The van der Waals surface area contributed by atoms with Crippen LogP contribution in [0, 0.1) is 12.7 Å². The van der Waals surface area contributed by atoms with Crippen molar-refractivity contribution < 1.29 is 4.39 Å². The molecule has 0 aliphatic rings. The van der Waals surface area contributed by atoms with E-state index in [4.69, 9.17) is 17.3 Å². The van der Waals surface area contributed by atoms with Crippen LogP contribution in [-0.4, -0.2) is 4.98 Å². The van der Waals surface area contributed by atoms with Crippen molar-refractivity contribution in [3.05, 3.63) is 33.1 Å². The molecule has 0 saturated carbocycles. The lowest BCUT2D eigenvalue weighted by atomic mass is 10.1. The fraction of sp³-hybridized carbons (Fsp3) is 0.100. The fourth-order valence-corrected chi connectivity index (χ4v) is 2.21. The second-order valence-electron chi connectivity index (χ2n) is 3.24. The van der Waals surface area contributed by atoms with Gasteiger partial charge in [0, 0.05) is 0 Å². The Morgan fingerprint density at radius 1 is 1.53 bits per heavy atom. The van der Waals surface area contributed by atoms with Gasteiger partial charge in [0.15, 0.2) is 0 Å². The third-order valence-corrected chi connectivity index (χ3v) is 3.17. The third kappa shape index (κ3) is 1.58. The number of fused-ring (bicyclic) bond motifs is 1. The molecular formula is C10H7BrClFN2. The maximum Gasteiger partial charge on any atom is 0.148 e. The van der Waals surface area contributed by atoms with E-state index in [9.17, 15) is 4.39 Å². The van der Waals surface area contributed by atoms with Gasteiger partial charge >= 0.3 is 0 Å². The number of anilines is 1. The van der Waals surface area contributed by atoms with Crippen molar-refractivity contribution in [3.8, 4) is 0 Å². The van der Waals surface area contributed by atoms with Crippen LogP contribution in [0.25, 0.3) is 10.9 Å². The monoisotopic (exact) mass is 288 g/mol. The van der Waals surface area contributed by atoms with E-state index < -0.39 is 5.82 Å². The summed E-state index contributed by atoms with van der Waals surface area (Å²) < 4.78 is 14.2. The van der Waals surface area contributed by atoms with E-state index in [1.807, 2.05) is 6.92 Å². The van der Waals surface area contributed by atoms with E-state index >= 15 is 0 Å². The number of nitrogens with two attached hydrogens (primary N) is 1. The van der Waals surface area contributed by atoms with Crippen LogP contribution in [0.15, 0.2) is 16.7 Å². The van der Waals surface area contributed by atoms with Gasteiger partial charge in [0.2, 0.25) is 0 Å². The van der Waals surface area contributed by atoms with E-state index in [1.54, 1.807) is 6.07 Å². The van der Waals surface area contributed by atoms with Crippen LogP contribution >= 0.6 is 27.5 Å². The summed E-state index contributed by atoms with van der Waals surface area (Å²) >= 11 is 9.07. The predicted molar refractivity (Wildman–Crippen MR) is 63.6 cm³/mol. The summed E-state index contributed by atoms with van der Waals surface area (Å²) in [5.41, 5.74) is 7.24. The van der Waals surface area contributed by atoms with Gasteiger partial charge in [-0.25, -0.2) is 4.39 Å². The first-order valence-electron chi connectivity index (χ1n) is 4.20. The molecule has 15 heavy (non-hydrogen) atoms. The quantitative estimate of drug-likeness (QED) is 0.803. The molecule has 1 aromatic carbocycles. The lowest BCUT2D eigenvalue weighted by Crippen LogP contribution is -1.94. The number of nitrogen functional groups attached to an aromatic ring is 1. The van der Waals surface area contributed by atoms with Gasteiger partial charge in [0.05, 0.1) is 32.3 Å². The molecule has 2 N–H and O–H groups in total. The van der Waals surface area contributed by atoms with Gasteiger partial charge in [-0.15, -0.1) is 0 Å². The van der Waals surface area contributed by atoms with Crippen LogP contribution in [0.2, 0.25) is 5.02 Å². The normalized spacial score (nSPS) is 10.9. The second-order valence-corrected chi connectivity index (χ2v) is 4.47. The standard InChI is InChI=1S/C10H7BrClFN2/c1-4-2-5(11)9(13)7-8(12)6(14)3-15-10(4)7/h2-3H,14H2,1H3. The van der Waals surface area contributed by atoms with E-state index in [1.165, 1.54) is 6.20 Å². The molecule has 2 aromatic rings. The maximum absolute atomic E-state index is 13.8. The van der Waals surface area contributed by atoms with Gasteiger partial charge < -0.3 is 5.73 Å². The highest BCUT2D eigenvalue weighted by atomic mass is 79.9. The van der Waals surface area contributed by atoms with E-state index in [-0.39, 0.29) is 16.1 Å². The molecule has 5 heteroatoms. The SMILES string of the molecule is Cc1cc(Br)c(F)c2c(Cl)c(N)cnc12. The van der Waals surface area contributed by atoms with Gasteiger partial charge in [0.1, 0.15) is 5.82 Å². The Kier molecular flexibility index (Phi) is 2.56. The number of nitrogens with zero attached hydrogens (tertiary/aromatic N) is 1. The molecule has 0 aliphatic heterocycles. The van der Waals surface area contributed by atoms with Crippen molar-refractivity contribution in [2.24, 2.45) is 0 Å². The topological polar surface area (TPSA) is 38.9 Å². The molecule has 0 atom stereocenters. The first-order chi connectivity index (χ1) is 7.02. The summed E-state index contributed by atoms with van der Waals surface area (Å²) in [6, 6.07) is 1.66. The number of aryl methyl sites for hydroxylation is 1. The summed E-state index contributed by atoms with van der Waals surface area (Å²) in [5.74, 6) is -0.430. The van der Waals surface area contributed by atoms with Crippen LogP contribution in [0.4, 0.5) is 10.1 Å². The lowest BCUT2D eigenvalue weighted by molar-refractivity contribution is 0.633. The molecule has 2 nitrogen and oxygen atoms in total. The maximum atomic E-state index is 13.8. The van der Waals surface area contributed by atoms with Gasteiger partial charge in [0.25, 0.3) is 0 Å². The number of rotatable bonds is 0. The highest BCUT2D eigenvalue weighted by Crippen LogP contribution is 2.34. The Bertz CT molecular complexity index is 549. The van der Waals surface area contributed by atoms with Crippen molar-refractivity contribution in [1.82, 2.24) is 4.98 Å². The average Bonchev–Trinajstić information content (AvgIpc) is 2.19. The molecule has 0 spiro atoms. The van der Waals surface area contributed by atoms with Gasteiger partial charge in [-0.1, -0.05) is 11.6 Å². The molecule has 0 unspecified atom stereocenters. The molecule has 0 amide bonds. The smallest absolute Gasteiger partial charge is 0.148 e. The molecule has 1 heterocycles. The van der Waals surface area contributed by atoms with Crippen LogP contribution in [0.3, 0.4) is 0 Å². The van der Waals surface area contributed by atoms with Crippen LogP contribution in [0.1, 0.15) is 5.56 Å². The Labute approximate surface area is 99.4 Å². The number of halogens is 3. The third-order valence-electron chi connectivity index (χ3n) is 2.19. The minimum absolute atomic E-state index is 0.210. The highest BCUT2D eigenvalue weighted by Gasteiger charge is 2.14.